The number of hydrogen-bond acceptors (Lipinski definition) is 5. The molecule has 0 unspecified atom stereocenters. The Hall–Kier alpha value is -3.14. The van der Waals surface area contributed by atoms with E-state index in [4.69, 9.17) is 14.7 Å². The van der Waals surface area contributed by atoms with E-state index in [2.05, 4.69) is 11.6 Å². The molecule has 0 N–H and O–H groups in total. The highest BCUT2D eigenvalue weighted by atomic mass is 19.1. The van der Waals surface area contributed by atoms with Crippen molar-refractivity contribution >= 4 is 5.69 Å². The third kappa shape index (κ3) is 2.36. The molecule has 0 bridgehead atoms. The summed E-state index contributed by atoms with van der Waals surface area (Å²) < 4.78 is 40.1. The van der Waals surface area contributed by atoms with E-state index in [0.717, 1.165) is 24.0 Å². The average Bonchev–Trinajstić information content (AvgIpc) is 3.47. The normalized spacial score (nSPS) is 16.7. The molecular formula is C20H17F2N3O2. The van der Waals surface area contributed by atoms with Gasteiger partial charge in [-0.1, -0.05) is 6.58 Å². The van der Waals surface area contributed by atoms with Crippen LogP contribution in [0.3, 0.4) is 0 Å². The van der Waals surface area contributed by atoms with Crippen molar-refractivity contribution in [2.75, 3.05) is 19.1 Å². The van der Waals surface area contributed by atoms with Crippen LogP contribution in [0.2, 0.25) is 0 Å². The number of ether oxygens (including phenoxy) is 2. The predicted octanol–water partition coefficient (Wildman–Crippen LogP) is 3.81. The standard InChI is InChI=1S/C20H17F2N3O2/c1-11-20(4-5-20)14-6-13(8-23)24-9-12(14)10-25(11)19-17(21)15(26-2)7-16(27-3)18(19)22/h6-7,9H,1,4-5,10H2,2-3H3. The van der Waals surface area contributed by atoms with Crippen LogP contribution in [0, 0.1) is 23.0 Å². The van der Waals surface area contributed by atoms with E-state index in [0.29, 0.717) is 11.4 Å². The maximum Gasteiger partial charge on any atom is 0.191 e. The Morgan fingerprint density at radius 1 is 1.19 bits per heavy atom. The number of nitriles is 1. The Labute approximate surface area is 155 Å². The molecule has 27 heavy (non-hydrogen) atoms. The van der Waals surface area contributed by atoms with E-state index in [1.165, 1.54) is 25.2 Å². The second-order valence-electron chi connectivity index (χ2n) is 6.71. The SMILES string of the molecule is C=C1N(c2c(F)c(OC)cc(OC)c2F)Cc2cnc(C#N)cc2C12CC2. The van der Waals surface area contributed by atoms with Crippen molar-refractivity contribution in [3.8, 4) is 17.6 Å². The summed E-state index contributed by atoms with van der Waals surface area (Å²) in [5.41, 5.74) is 2.03. The van der Waals surface area contributed by atoms with Crippen LogP contribution in [0.1, 0.15) is 29.7 Å². The summed E-state index contributed by atoms with van der Waals surface area (Å²) in [6.07, 6.45) is 3.20. The molecule has 2 aliphatic rings. The molecule has 1 spiro atoms. The molecule has 0 amide bonds. The molecule has 138 valence electrons. The van der Waals surface area contributed by atoms with Crippen LogP contribution in [0.15, 0.2) is 30.6 Å². The first-order valence-corrected chi connectivity index (χ1v) is 8.43. The molecule has 1 fully saturated rings. The van der Waals surface area contributed by atoms with Gasteiger partial charge in [0.1, 0.15) is 17.5 Å². The topological polar surface area (TPSA) is 58.4 Å². The first-order valence-electron chi connectivity index (χ1n) is 8.43. The summed E-state index contributed by atoms with van der Waals surface area (Å²) in [7, 11) is 2.63. The first-order chi connectivity index (χ1) is 13.0. The summed E-state index contributed by atoms with van der Waals surface area (Å²) in [5, 5.41) is 9.14. The first kappa shape index (κ1) is 17.3. The Morgan fingerprint density at radius 2 is 1.81 bits per heavy atom. The number of benzene rings is 1. The molecule has 0 saturated heterocycles. The molecule has 1 aliphatic carbocycles. The second-order valence-corrected chi connectivity index (χ2v) is 6.71. The minimum atomic E-state index is -0.808. The molecule has 2 heterocycles. The number of hydrogen-bond donors (Lipinski definition) is 0. The Morgan fingerprint density at radius 3 is 2.33 bits per heavy atom. The van der Waals surface area contributed by atoms with Gasteiger partial charge in [-0.2, -0.15) is 5.26 Å². The Bertz CT molecular complexity index is 981. The number of pyridine rings is 1. The van der Waals surface area contributed by atoms with Gasteiger partial charge in [-0.3, -0.25) is 0 Å². The second kappa shape index (κ2) is 5.95. The van der Waals surface area contributed by atoms with E-state index in [9.17, 15) is 0 Å². The monoisotopic (exact) mass is 369 g/mol. The Balaban J connectivity index is 1.90. The van der Waals surface area contributed by atoms with E-state index < -0.39 is 17.0 Å². The zero-order valence-corrected chi connectivity index (χ0v) is 15.0. The van der Waals surface area contributed by atoms with Crippen LogP contribution >= 0.6 is 0 Å². The van der Waals surface area contributed by atoms with Crippen LogP contribution in [0.25, 0.3) is 0 Å². The maximum atomic E-state index is 15.0. The van der Waals surface area contributed by atoms with E-state index in [-0.39, 0.29) is 23.7 Å². The van der Waals surface area contributed by atoms with E-state index in [1.54, 1.807) is 12.3 Å². The van der Waals surface area contributed by atoms with Gasteiger partial charge in [0.25, 0.3) is 0 Å². The lowest BCUT2D eigenvalue weighted by atomic mass is 9.84. The molecule has 1 aliphatic heterocycles. The molecule has 0 atom stereocenters. The predicted molar refractivity (Wildman–Crippen MR) is 94.6 cm³/mol. The summed E-state index contributed by atoms with van der Waals surface area (Å²) >= 11 is 0. The van der Waals surface area contributed by atoms with Crippen LogP contribution in [0.4, 0.5) is 14.5 Å². The molecule has 0 radical (unpaired) electrons. The van der Waals surface area contributed by atoms with Crippen molar-refractivity contribution in [1.29, 1.82) is 5.26 Å². The molecule has 1 aromatic heterocycles. The lowest BCUT2D eigenvalue weighted by Crippen LogP contribution is -2.36. The highest BCUT2D eigenvalue weighted by molar-refractivity contribution is 5.67. The molecule has 5 nitrogen and oxygen atoms in total. The van der Waals surface area contributed by atoms with E-state index >= 15 is 8.78 Å². The van der Waals surface area contributed by atoms with Gasteiger partial charge in [0, 0.05) is 29.9 Å². The van der Waals surface area contributed by atoms with Gasteiger partial charge in [-0.15, -0.1) is 0 Å². The smallest absolute Gasteiger partial charge is 0.191 e. The van der Waals surface area contributed by atoms with Gasteiger partial charge in [0.05, 0.1) is 14.2 Å². The number of nitrogens with zero attached hydrogens (tertiary/aromatic N) is 3. The average molecular weight is 369 g/mol. The lowest BCUT2D eigenvalue weighted by molar-refractivity contribution is 0.358. The van der Waals surface area contributed by atoms with Crippen molar-refractivity contribution in [2.24, 2.45) is 0 Å². The number of methoxy groups -OCH3 is 2. The summed E-state index contributed by atoms with van der Waals surface area (Å²) in [6, 6.07) is 4.98. The zero-order chi connectivity index (χ0) is 19.3. The lowest BCUT2D eigenvalue weighted by Gasteiger charge is -2.39. The summed E-state index contributed by atoms with van der Waals surface area (Å²) in [5.74, 6) is -1.83. The number of aromatic nitrogens is 1. The molecule has 1 aromatic carbocycles. The van der Waals surface area contributed by atoms with Crippen LogP contribution in [-0.2, 0) is 12.0 Å². The quantitative estimate of drug-likeness (QED) is 0.823. The third-order valence-electron chi connectivity index (χ3n) is 5.39. The number of anilines is 1. The molecule has 1 saturated carbocycles. The molecule has 2 aromatic rings. The van der Waals surface area contributed by atoms with Crippen LogP contribution in [-0.4, -0.2) is 19.2 Å². The summed E-state index contributed by atoms with van der Waals surface area (Å²) in [4.78, 5) is 5.64. The van der Waals surface area contributed by atoms with Gasteiger partial charge in [-0.25, -0.2) is 13.8 Å². The van der Waals surface area contributed by atoms with Gasteiger partial charge in [-0.05, 0) is 30.0 Å². The zero-order valence-electron chi connectivity index (χ0n) is 15.0. The number of fused-ring (bicyclic) bond motifs is 2. The van der Waals surface area contributed by atoms with Crippen LogP contribution < -0.4 is 14.4 Å². The fourth-order valence-electron chi connectivity index (χ4n) is 3.80. The number of allylic oxidation sites excluding steroid dienone is 1. The van der Waals surface area contributed by atoms with Crippen molar-refractivity contribution < 1.29 is 18.3 Å². The minimum absolute atomic E-state index is 0.107. The van der Waals surface area contributed by atoms with Crippen LogP contribution in [0.5, 0.6) is 11.5 Å². The third-order valence-corrected chi connectivity index (χ3v) is 5.39. The Kier molecular flexibility index (Phi) is 3.81. The fourth-order valence-corrected chi connectivity index (χ4v) is 3.80. The highest BCUT2D eigenvalue weighted by Crippen LogP contribution is 2.59. The fraction of sp³-hybridized carbons (Fsp3) is 0.300. The van der Waals surface area contributed by atoms with E-state index in [1.807, 2.05) is 6.07 Å². The van der Waals surface area contributed by atoms with Crippen molar-refractivity contribution in [1.82, 2.24) is 4.98 Å². The van der Waals surface area contributed by atoms with Gasteiger partial charge < -0.3 is 14.4 Å². The minimum Gasteiger partial charge on any atom is -0.493 e. The van der Waals surface area contributed by atoms with Gasteiger partial charge >= 0.3 is 0 Å². The highest BCUT2D eigenvalue weighted by Gasteiger charge is 2.53. The van der Waals surface area contributed by atoms with Gasteiger partial charge in [0.2, 0.25) is 0 Å². The van der Waals surface area contributed by atoms with Gasteiger partial charge in [0.15, 0.2) is 23.1 Å². The number of halogens is 2. The number of rotatable bonds is 3. The molecule has 7 heteroatoms. The maximum absolute atomic E-state index is 15.0. The molecule has 4 rings (SSSR count). The van der Waals surface area contributed by atoms with Crippen molar-refractivity contribution in [2.45, 2.75) is 24.8 Å². The summed E-state index contributed by atoms with van der Waals surface area (Å²) in [6.45, 7) is 4.34. The van der Waals surface area contributed by atoms with Crippen molar-refractivity contribution in [3.05, 3.63) is 59.1 Å². The van der Waals surface area contributed by atoms with Crippen molar-refractivity contribution in [3.63, 3.8) is 0 Å². The molecular weight excluding hydrogens is 352 g/mol. The largest absolute Gasteiger partial charge is 0.493 e.